The van der Waals surface area contributed by atoms with Crippen LogP contribution in [0.25, 0.3) is 0 Å². The lowest BCUT2D eigenvalue weighted by Gasteiger charge is -2.16. The molecular weight excluding hydrogens is 272 g/mol. The maximum absolute atomic E-state index is 11.8. The number of carbonyl (C=O) groups is 2. The Kier molecular flexibility index (Phi) is 8.08. The van der Waals surface area contributed by atoms with E-state index in [9.17, 15) is 9.59 Å². The van der Waals surface area contributed by atoms with E-state index in [0.29, 0.717) is 25.9 Å². The normalized spacial score (nSPS) is 10.2. The van der Waals surface area contributed by atoms with Crippen LogP contribution < -0.4 is 5.48 Å². The summed E-state index contributed by atoms with van der Waals surface area (Å²) in [5, 5.41) is 9.59. The number of benzene rings is 1. The van der Waals surface area contributed by atoms with Gasteiger partial charge in [0, 0.05) is 19.9 Å². The summed E-state index contributed by atoms with van der Waals surface area (Å²) < 4.78 is 0. The van der Waals surface area contributed by atoms with Gasteiger partial charge in [-0.2, -0.15) is 0 Å². The van der Waals surface area contributed by atoms with Gasteiger partial charge >= 0.3 is 0 Å². The second-order valence-electron chi connectivity index (χ2n) is 4.75. The molecule has 1 aromatic carbocycles. The molecule has 1 aromatic rings. The molecule has 0 saturated heterocycles. The molecule has 6 heteroatoms. The Morgan fingerprint density at radius 3 is 2.48 bits per heavy atom. The molecule has 0 radical (unpaired) electrons. The molecule has 21 heavy (non-hydrogen) atoms. The number of nitrogens with one attached hydrogen (secondary N) is 1. The Hall–Kier alpha value is -1.92. The van der Waals surface area contributed by atoms with Crippen molar-refractivity contribution in [2.24, 2.45) is 0 Å². The van der Waals surface area contributed by atoms with Gasteiger partial charge in [-0.1, -0.05) is 36.8 Å². The van der Waals surface area contributed by atoms with Gasteiger partial charge in [0.25, 0.3) is 0 Å². The summed E-state index contributed by atoms with van der Waals surface area (Å²) in [5.41, 5.74) is 2.59. The lowest BCUT2D eigenvalue weighted by molar-refractivity contribution is -0.182. The Bertz CT molecular complexity index is 437. The molecule has 1 rings (SSSR count). The number of carbonyl (C=O) groups excluding carboxylic acids is 2. The van der Waals surface area contributed by atoms with Gasteiger partial charge in [-0.05, 0) is 18.4 Å². The van der Waals surface area contributed by atoms with Crippen LogP contribution in [-0.4, -0.2) is 29.1 Å². The number of hydrogen-bond acceptors (Lipinski definition) is 4. The van der Waals surface area contributed by atoms with Crippen LogP contribution in [0.1, 0.15) is 37.7 Å². The number of nitrogens with zero attached hydrogens (tertiary/aromatic N) is 1. The van der Waals surface area contributed by atoms with E-state index in [1.54, 1.807) is 12.5 Å². The van der Waals surface area contributed by atoms with Crippen molar-refractivity contribution >= 4 is 11.8 Å². The Morgan fingerprint density at radius 1 is 1.14 bits per heavy atom. The second kappa shape index (κ2) is 9.90. The Labute approximate surface area is 124 Å². The zero-order valence-corrected chi connectivity index (χ0v) is 12.2. The van der Waals surface area contributed by atoms with Crippen molar-refractivity contribution in [2.75, 3.05) is 7.05 Å². The van der Waals surface area contributed by atoms with Crippen LogP contribution in [0.4, 0.5) is 0 Å². The molecule has 0 aliphatic rings. The highest BCUT2D eigenvalue weighted by molar-refractivity contribution is 5.75. The first kappa shape index (κ1) is 17.1. The van der Waals surface area contributed by atoms with Crippen LogP contribution in [-0.2, 0) is 21.0 Å². The summed E-state index contributed by atoms with van der Waals surface area (Å²) in [6.07, 6.45) is 2.74. The fourth-order valence-electron chi connectivity index (χ4n) is 1.77. The van der Waals surface area contributed by atoms with E-state index >= 15 is 0 Å². The quantitative estimate of drug-likeness (QED) is 0.415. The molecule has 116 valence electrons. The molecule has 0 heterocycles. The van der Waals surface area contributed by atoms with Crippen LogP contribution in [0, 0.1) is 0 Å². The van der Waals surface area contributed by atoms with E-state index in [4.69, 9.17) is 10.0 Å². The summed E-state index contributed by atoms with van der Waals surface area (Å²) >= 11 is 0. The third-order valence-corrected chi connectivity index (χ3v) is 3.04. The highest BCUT2D eigenvalue weighted by Crippen LogP contribution is 2.07. The van der Waals surface area contributed by atoms with Gasteiger partial charge in [0.15, 0.2) is 0 Å². The van der Waals surface area contributed by atoms with E-state index in [-0.39, 0.29) is 12.3 Å². The predicted octanol–water partition coefficient (Wildman–Crippen LogP) is 2.03. The molecule has 0 aliphatic heterocycles. The van der Waals surface area contributed by atoms with Gasteiger partial charge < -0.3 is 0 Å². The van der Waals surface area contributed by atoms with Crippen molar-refractivity contribution in [3.8, 4) is 0 Å². The molecule has 2 amide bonds. The number of hydrogen-bond donors (Lipinski definition) is 2. The van der Waals surface area contributed by atoms with E-state index in [0.717, 1.165) is 12.0 Å². The highest BCUT2D eigenvalue weighted by atomic mass is 16.7. The van der Waals surface area contributed by atoms with Crippen molar-refractivity contribution < 1.29 is 19.6 Å². The van der Waals surface area contributed by atoms with Crippen LogP contribution in [0.2, 0.25) is 0 Å². The molecule has 0 fully saturated rings. The van der Waals surface area contributed by atoms with Crippen molar-refractivity contribution in [1.82, 2.24) is 10.5 Å². The first-order valence-corrected chi connectivity index (χ1v) is 7.00. The molecule has 0 bridgehead atoms. The summed E-state index contributed by atoms with van der Waals surface area (Å²) in [7, 11) is 1.60. The number of amides is 2. The number of hydroxylamine groups is 3. The molecular formula is C15H22N2O4. The zero-order valence-electron chi connectivity index (χ0n) is 12.2. The SMILES string of the molecule is CN(OCc1ccccc1)C(=O)CCCCCC(=O)NO. The summed E-state index contributed by atoms with van der Waals surface area (Å²) in [5.74, 6) is -0.484. The summed E-state index contributed by atoms with van der Waals surface area (Å²) in [6, 6.07) is 9.64. The summed E-state index contributed by atoms with van der Waals surface area (Å²) in [4.78, 5) is 28.0. The molecule has 0 saturated carbocycles. The van der Waals surface area contributed by atoms with Crippen molar-refractivity contribution in [3.05, 3.63) is 35.9 Å². The zero-order chi connectivity index (χ0) is 15.5. The van der Waals surface area contributed by atoms with Crippen molar-refractivity contribution in [2.45, 2.75) is 38.7 Å². The number of rotatable bonds is 9. The lowest BCUT2D eigenvalue weighted by atomic mass is 10.1. The Morgan fingerprint density at radius 2 is 1.81 bits per heavy atom. The third-order valence-electron chi connectivity index (χ3n) is 3.04. The molecule has 0 aliphatic carbocycles. The van der Waals surface area contributed by atoms with E-state index < -0.39 is 5.91 Å². The maximum Gasteiger partial charge on any atom is 0.245 e. The molecule has 6 nitrogen and oxygen atoms in total. The van der Waals surface area contributed by atoms with E-state index in [2.05, 4.69) is 0 Å². The van der Waals surface area contributed by atoms with E-state index in [1.807, 2.05) is 30.3 Å². The Balaban J connectivity index is 2.12. The standard InChI is InChI=1S/C15H22N2O4/c1-17(21-12-13-8-4-2-5-9-13)15(19)11-7-3-6-10-14(18)16-20/h2,4-5,8-9,20H,3,6-7,10-12H2,1H3,(H,16,18). The minimum Gasteiger partial charge on any atom is -0.289 e. The largest absolute Gasteiger partial charge is 0.289 e. The highest BCUT2D eigenvalue weighted by Gasteiger charge is 2.09. The molecule has 2 N–H and O–H groups in total. The summed E-state index contributed by atoms with van der Waals surface area (Å²) in [6.45, 7) is 0.361. The first-order valence-electron chi connectivity index (χ1n) is 7.00. The van der Waals surface area contributed by atoms with Gasteiger partial charge in [-0.3, -0.25) is 19.6 Å². The smallest absolute Gasteiger partial charge is 0.245 e. The lowest BCUT2D eigenvalue weighted by Crippen LogP contribution is -2.26. The average Bonchev–Trinajstić information content (AvgIpc) is 2.52. The molecule has 0 aromatic heterocycles. The van der Waals surface area contributed by atoms with Crippen LogP contribution in [0.5, 0.6) is 0 Å². The number of unbranched alkanes of at least 4 members (excludes halogenated alkanes) is 2. The maximum atomic E-state index is 11.8. The fraction of sp³-hybridized carbons (Fsp3) is 0.467. The molecule has 0 spiro atoms. The first-order chi connectivity index (χ1) is 10.1. The van der Waals surface area contributed by atoms with Gasteiger partial charge in [0.1, 0.15) is 6.61 Å². The van der Waals surface area contributed by atoms with Gasteiger partial charge in [0.2, 0.25) is 11.8 Å². The average molecular weight is 294 g/mol. The van der Waals surface area contributed by atoms with Gasteiger partial charge in [-0.25, -0.2) is 10.5 Å². The molecule has 0 unspecified atom stereocenters. The minimum absolute atomic E-state index is 0.0856. The van der Waals surface area contributed by atoms with Crippen LogP contribution in [0.3, 0.4) is 0 Å². The predicted molar refractivity (Wildman–Crippen MR) is 77.0 cm³/mol. The fourth-order valence-corrected chi connectivity index (χ4v) is 1.77. The second-order valence-corrected chi connectivity index (χ2v) is 4.75. The topological polar surface area (TPSA) is 78.9 Å². The van der Waals surface area contributed by atoms with Crippen LogP contribution >= 0.6 is 0 Å². The van der Waals surface area contributed by atoms with Crippen molar-refractivity contribution in [1.29, 1.82) is 0 Å². The van der Waals surface area contributed by atoms with E-state index in [1.165, 1.54) is 5.06 Å². The van der Waals surface area contributed by atoms with Gasteiger partial charge in [0.05, 0.1) is 0 Å². The van der Waals surface area contributed by atoms with Crippen LogP contribution in [0.15, 0.2) is 30.3 Å². The molecule has 0 atom stereocenters. The monoisotopic (exact) mass is 294 g/mol. The van der Waals surface area contributed by atoms with Crippen molar-refractivity contribution in [3.63, 3.8) is 0 Å². The van der Waals surface area contributed by atoms with Gasteiger partial charge in [-0.15, -0.1) is 0 Å². The third kappa shape index (κ3) is 7.43. The minimum atomic E-state index is -0.398.